The quantitative estimate of drug-likeness (QED) is 0.0566. The first-order chi connectivity index (χ1) is 60.9. The van der Waals surface area contributed by atoms with Crippen LogP contribution in [0.4, 0.5) is 0 Å². The average Bonchev–Trinajstić information content (AvgIpc) is 0.763. The molecule has 0 saturated heterocycles. The molecule has 0 unspecified atom stereocenters. The van der Waals surface area contributed by atoms with Crippen LogP contribution in [0.15, 0.2) is 212 Å². The van der Waals surface area contributed by atoms with Gasteiger partial charge in [0.2, 0.25) is 0 Å². The Balaban J connectivity index is 0.000000317. The first-order valence-corrected chi connectivity index (χ1v) is 51.8. The van der Waals surface area contributed by atoms with Crippen LogP contribution in [0.5, 0.6) is 0 Å². The van der Waals surface area contributed by atoms with E-state index in [-0.39, 0.29) is 0 Å². The third-order valence-electron chi connectivity index (χ3n) is 28.5. The summed E-state index contributed by atoms with van der Waals surface area (Å²) < 4.78 is 0. The summed E-state index contributed by atoms with van der Waals surface area (Å²) in [5, 5.41) is 5.77. The third kappa shape index (κ3) is 34.7. The molecule has 0 fully saturated rings. The third-order valence-corrected chi connectivity index (χ3v) is 28.5. The van der Waals surface area contributed by atoms with E-state index in [1.165, 1.54) is 150 Å². The van der Waals surface area contributed by atoms with Crippen LogP contribution < -0.4 is 0 Å². The van der Waals surface area contributed by atoms with Crippen molar-refractivity contribution in [2.75, 3.05) is 0 Å². The molecule has 0 bridgehead atoms. The molecular weight excluding hydrogens is 1570 g/mol. The van der Waals surface area contributed by atoms with E-state index in [0.29, 0.717) is 123 Å². The summed E-state index contributed by atoms with van der Waals surface area (Å²) in [6.45, 7) is 105. The summed E-state index contributed by atoms with van der Waals surface area (Å²) >= 11 is 0. The Morgan fingerprint density at radius 3 is 0.496 bits per heavy atom. The van der Waals surface area contributed by atoms with Gasteiger partial charge in [0.05, 0.1) is 0 Å². The zero-order valence-corrected chi connectivity index (χ0v) is 92.8. The Kier molecular flexibility index (Phi) is 46.9. The fourth-order valence-corrected chi connectivity index (χ4v) is 16.4. The van der Waals surface area contributed by atoms with Gasteiger partial charge in [-0.05, 0) is 285 Å². The highest BCUT2D eigenvalue weighted by Crippen LogP contribution is 2.49. The number of fused-ring (bicyclic) bond motifs is 2. The maximum absolute atomic E-state index is 2.44. The largest absolute Gasteiger partial charge is 0.0622 e. The van der Waals surface area contributed by atoms with Gasteiger partial charge >= 0.3 is 0 Å². The van der Waals surface area contributed by atoms with Crippen LogP contribution in [-0.4, -0.2) is 0 Å². The molecule has 0 spiro atoms. The summed E-state index contributed by atoms with van der Waals surface area (Å²) in [7, 11) is 0. The van der Waals surface area contributed by atoms with Crippen LogP contribution in [0.1, 0.15) is 537 Å². The van der Waals surface area contributed by atoms with Crippen LogP contribution in [-0.2, 0) is 0 Å². The number of rotatable bonds is 24. The van der Waals surface area contributed by atoms with Crippen LogP contribution in [0.2, 0.25) is 0 Å². The summed E-state index contributed by atoms with van der Waals surface area (Å²) in [5.74, 6) is 12.8. The van der Waals surface area contributed by atoms with E-state index in [2.05, 4.69) is 531 Å². The second kappa shape index (κ2) is 53.3. The lowest BCUT2D eigenvalue weighted by Crippen LogP contribution is -2.40. The molecule has 0 aliphatic heterocycles. The van der Waals surface area contributed by atoms with Gasteiger partial charge in [0.1, 0.15) is 0 Å². The van der Waals surface area contributed by atoms with Gasteiger partial charge < -0.3 is 0 Å². The Morgan fingerprint density at radius 2 is 0.305 bits per heavy atom. The topological polar surface area (TPSA) is 0 Å². The Hall–Kier alpha value is -8.06. The summed E-state index contributed by atoms with van der Waals surface area (Å²) in [6, 6.07) is 80.2. The summed E-state index contributed by atoms with van der Waals surface area (Å²) in [4.78, 5) is 0. The minimum absolute atomic E-state index is 0.418. The SMILES string of the molecule is CC(C)C(C)(C)C(C)(C)C(C)C.CC(C)c1cc(-c2cc(C(C)C)cc(C(C)C)c2)cc(C(C)C)c1.CC(C)c1cc(C(C)C)c2cc(C(C)C)cc(C(C)C)c2c1.CC(C)c1cc(C(C)C)cc(C(C)C)c1.CC(C)c1ccc(-c2ccc(C(C)C)cc2)cc1.CC(C)c1ccc(C(C)C)cc1.CC(C)c1cccc(C(C)C)c1.CC(C)c1cccc2c(C(C)C)cccc12. The molecule has 0 radical (unpaired) electrons. The van der Waals surface area contributed by atoms with E-state index in [0.717, 1.165) is 11.8 Å². The Bertz CT molecular complexity index is 4740. The van der Waals surface area contributed by atoms with E-state index in [4.69, 9.17) is 0 Å². The van der Waals surface area contributed by atoms with Gasteiger partial charge in [-0.2, -0.15) is 0 Å². The van der Waals surface area contributed by atoms with Crippen LogP contribution in [0, 0.1) is 22.7 Å². The van der Waals surface area contributed by atoms with E-state index in [1.807, 2.05) is 0 Å². The van der Waals surface area contributed by atoms with Gasteiger partial charge in [-0.25, -0.2) is 0 Å². The molecule has 11 aromatic carbocycles. The van der Waals surface area contributed by atoms with Crippen molar-refractivity contribution in [2.45, 2.75) is 431 Å². The van der Waals surface area contributed by atoms with Gasteiger partial charge in [0.15, 0.2) is 0 Å². The fraction of sp³-hybridized carbons (Fsp3) is 0.527. The van der Waals surface area contributed by atoms with Crippen molar-refractivity contribution in [1.29, 1.82) is 0 Å². The molecule has 11 rings (SSSR count). The molecule has 0 N–H and O–H groups in total. The summed E-state index contributed by atoms with van der Waals surface area (Å²) in [5.41, 5.74) is 33.8. The number of benzene rings is 11. The normalized spacial score (nSPS) is 12.0. The highest BCUT2D eigenvalue weighted by Gasteiger charge is 2.41. The molecule has 0 nitrogen and oxygen atoms in total. The highest BCUT2D eigenvalue weighted by molar-refractivity contribution is 5.92. The predicted molar refractivity (Wildman–Crippen MR) is 596 cm³/mol. The van der Waals surface area contributed by atoms with Gasteiger partial charge in [0, 0.05) is 0 Å². The first kappa shape index (κ1) is 115. The van der Waals surface area contributed by atoms with Crippen molar-refractivity contribution < 1.29 is 0 Å². The zero-order valence-electron chi connectivity index (χ0n) is 92.8. The van der Waals surface area contributed by atoms with Gasteiger partial charge in [-0.1, -0.05) is 531 Å². The highest BCUT2D eigenvalue weighted by atomic mass is 14.5. The fourth-order valence-electron chi connectivity index (χ4n) is 16.4. The van der Waals surface area contributed by atoms with Crippen LogP contribution >= 0.6 is 0 Å². The maximum Gasteiger partial charge on any atom is -0.0143 e. The van der Waals surface area contributed by atoms with Gasteiger partial charge in [-0.3, -0.25) is 0 Å². The smallest absolute Gasteiger partial charge is 0.0143 e. The average molecular weight is 1770 g/mol. The minimum Gasteiger partial charge on any atom is -0.0622 e. The molecule has 0 heterocycles. The van der Waals surface area contributed by atoms with E-state index < -0.39 is 0 Å². The van der Waals surface area contributed by atoms with E-state index in [9.17, 15) is 0 Å². The molecule has 11 aromatic rings. The molecule has 0 atom stereocenters. The molecule has 0 saturated carbocycles. The second-order valence-electron chi connectivity index (χ2n) is 46.1. The Labute approximate surface area is 809 Å². The zero-order chi connectivity index (χ0) is 99.5. The van der Waals surface area contributed by atoms with E-state index >= 15 is 0 Å². The molecule has 0 heteroatoms. The van der Waals surface area contributed by atoms with Crippen molar-refractivity contribution in [3.05, 3.63) is 318 Å². The van der Waals surface area contributed by atoms with Gasteiger partial charge in [0.25, 0.3) is 0 Å². The maximum atomic E-state index is 2.44. The molecule has 0 aliphatic rings. The second-order valence-corrected chi connectivity index (χ2v) is 46.1. The molecule has 131 heavy (non-hydrogen) atoms. The molecule has 0 aliphatic carbocycles. The molecule has 0 aromatic heterocycles. The number of hydrogen-bond acceptors (Lipinski definition) is 0. The van der Waals surface area contributed by atoms with Crippen molar-refractivity contribution >= 4 is 21.5 Å². The summed E-state index contributed by atoms with van der Waals surface area (Å²) in [6.07, 6.45) is 0. The molecule has 0 amide bonds. The minimum atomic E-state index is 0.418. The predicted octanol–water partition coefficient (Wildman–Crippen LogP) is 43.1. The van der Waals surface area contributed by atoms with Gasteiger partial charge in [-0.15, -0.1) is 0 Å². The van der Waals surface area contributed by atoms with Crippen molar-refractivity contribution in [3.63, 3.8) is 0 Å². The standard InChI is InChI=1S/C24H34.C22H32.C18H22.C16H20.C15H24.2C12H18.C12H26/c1-15(2)19-9-20(16(3)4)12-23(11-19)24-13-21(17(5)6)10-22(14-24)18(7)8;1-13(2)17-9-19(15(5)6)22-12-18(14(3)4)10-20(16(7)8)21(22)11-17;1-13(2)15-5-9-17(10-6-15)18-11-7-16(8-12-18)14(3)4;1-11(2)13-7-5-10-16-14(12(3)4)8-6-9-15(13)16;1-10(2)13-7-14(11(3)4)9-15(8-13)12(5)6;1-9(2)11-5-7-12(8-6-11)10(3)4;1-9(2)11-6-5-7-12(8-11)10(3)4;1-9(2)11(5,6)12(7,8)10(3)4/h9-18H,1-8H3;9-16H,1-8H3;5-14H,1-4H3;5-12H,1-4H3;7-12H,1-6H3;2*5-10H,1-4H3;9-10H,1-8H3. The van der Waals surface area contributed by atoms with Crippen LogP contribution in [0.25, 0.3) is 43.8 Å². The monoisotopic (exact) mass is 1770 g/mol. The Morgan fingerprint density at radius 1 is 0.130 bits per heavy atom. The van der Waals surface area contributed by atoms with Crippen molar-refractivity contribution in [3.8, 4) is 22.3 Å². The molecular formula is C131H194. The van der Waals surface area contributed by atoms with Crippen LogP contribution in [0.3, 0.4) is 0 Å². The number of hydrogen-bond donors (Lipinski definition) is 0. The lowest BCUT2D eigenvalue weighted by molar-refractivity contribution is 0.0135. The van der Waals surface area contributed by atoms with E-state index in [1.54, 1.807) is 0 Å². The lowest BCUT2D eigenvalue weighted by atomic mass is 9.57. The van der Waals surface area contributed by atoms with Crippen molar-refractivity contribution in [2.24, 2.45) is 22.7 Å². The molecule has 718 valence electrons. The first-order valence-electron chi connectivity index (χ1n) is 51.8. The van der Waals surface area contributed by atoms with Crippen molar-refractivity contribution in [1.82, 2.24) is 0 Å². The lowest BCUT2D eigenvalue weighted by Gasteiger charge is -2.48.